The Morgan fingerprint density at radius 2 is 2.18 bits per heavy atom. The molecule has 0 aromatic rings. The van der Waals surface area contributed by atoms with Gasteiger partial charge in [-0.1, -0.05) is 0 Å². The average molecular weight is 238 g/mol. The molecule has 0 aromatic carbocycles. The van der Waals surface area contributed by atoms with Gasteiger partial charge in [0.25, 0.3) is 0 Å². The number of rotatable bonds is 5. The second-order valence-electron chi connectivity index (χ2n) is 5.98. The van der Waals surface area contributed by atoms with Gasteiger partial charge < -0.3 is 15.0 Å². The van der Waals surface area contributed by atoms with E-state index in [-0.39, 0.29) is 0 Å². The monoisotopic (exact) mass is 238 g/mol. The van der Waals surface area contributed by atoms with E-state index in [2.05, 4.69) is 10.2 Å². The number of hydrogen-bond donors (Lipinski definition) is 1. The van der Waals surface area contributed by atoms with E-state index < -0.39 is 0 Å². The maximum Gasteiger partial charge on any atom is 0.0576 e. The third-order valence-corrected chi connectivity index (χ3v) is 4.50. The van der Waals surface area contributed by atoms with Crippen LogP contribution in [-0.4, -0.2) is 49.8 Å². The van der Waals surface area contributed by atoms with E-state index in [0.717, 1.165) is 18.6 Å². The van der Waals surface area contributed by atoms with E-state index >= 15 is 0 Å². The van der Waals surface area contributed by atoms with Crippen molar-refractivity contribution in [2.45, 2.75) is 50.7 Å². The molecule has 3 fully saturated rings. The summed E-state index contributed by atoms with van der Waals surface area (Å²) in [5.74, 6) is 0.996. The Hall–Kier alpha value is -0.120. The lowest BCUT2D eigenvalue weighted by atomic mass is 10.1. The predicted octanol–water partition coefficient (Wildman–Crippen LogP) is 1.63. The van der Waals surface area contributed by atoms with Crippen molar-refractivity contribution >= 4 is 0 Å². The molecule has 1 saturated carbocycles. The second-order valence-corrected chi connectivity index (χ2v) is 5.98. The SMILES string of the molecule is C1COC(CCCN2CCNC(C3CC3)C2)C1. The van der Waals surface area contributed by atoms with Gasteiger partial charge in [0.2, 0.25) is 0 Å². The summed E-state index contributed by atoms with van der Waals surface area (Å²) in [5.41, 5.74) is 0. The molecule has 1 aliphatic carbocycles. The Morgan fingerprint density at radius 3 is 2.94 bits per heavy atom. The highest BCUT2D eigenvalue weighted by Gasteiger charge is 2.33. The Bertz CT molecular complexity index is 236. The lowest BCUT2D eigenvalue weighted by Crippen LogP contribution is -2.51. The van der Waals surface area contributed by atoms with E-state index in [0.29, 0.717) is 6.10 Å². The van der Waals surface area contributed by atoms with Gasteiger partial charge in [0.1, 0.15) is 0 Å². The summed E-state index contributed by atoms with van der Waals surface area (Å²) in [7, 11) is 0. The van der Waals surface area contributed by atoms with Crippen LogP contribution in [0.15, 0.2) is 0 Å². The Morgan fingerprint density at radius 1 is 1.24 bits per heavy atom. The fourth-order valence-electron chi connectivity index (χ4n) is 3.27. The molecular weight excluding hydrogens is 212 g/mol. The van der Waals surface area contributed by atoms with Crippen molar-refractivity contribution < 1.29 is 4.74 Å². The zero-order valence-corrected chi connectivity index (χ0v) is 10.9. The van der Waals surface area contributed by atoms with Crippen molar-refractivity contribution in [2.24, 2.45) is 5.92 Å². The van der Waals surface area contributed by atoms with Crippen LogP contribution in [0.1, 0.15) is 38.5 Å². The van der Waals surface area contributed by atoms with Crippen LogP contribution < -0.4 is 5.32 Å². The Labute approximate surface area is 105 Å². The van der Waals surface area contributed by atoms with Crippen LogP contribution in [0.3, 0.4) is 0 Å². The zero-order chi connectivity index (χ0) is 11.5. The van der Waals surface area contributed by atoms with Gasteiger partial charge in [0, 0.05) is 32.3 Å². The van der Waals surface area contributed by atoms with Crippen molar-refractivity contribution in [3.8, 4) is 0 Å². The minimum Gasteiger partial charge on any atom is -0.378 e. The molecule has 0 bridgehead atoms. The van der Waals surface area contributed by atoms with Crippen molar-refractivity contribution in [1.82, 2.24) is 10.2 Å². The molecule has 0 radical (unpaired) electrons. The van der Waals surface area contributed by atoms with Crippen molar-refractivity contribution in [3.05, 3.63) is 0 Å². The third kappa shape index (κ3) is 3.43. The minimum absolute atomic E-state index is 0.581. The topological polar surface area (TPSA) is 24.5 Å². The smallest absolute Gasteiger partial charge is 0.0576 e. The number of ether oxygens (including phenoxy) is 1. The quantitative estimate of drug-likeness (QED) is 0.788. The van der Waals surface area contributed by atoms with Crippen LogP contribution in [0.25, 0.3) is 0 Å². The minimum atomic E-state index is 0.581. The highest BCUT2D eigenvalue weighted by atomic mass is 16.5. The van der Waals surface area contributed by atoms with Crippen LogP contribution in [0.2, 0.25) is 0 Å². The molecule has 3 aliphatic rings. The van der Waals surface area contributed by atoms with E-state index in [4.69, 9.17) is 4.74 Å². The van der Waals surface area contributed by atoms with Crippen LogP contribution in [-0.2, 0) is 4.74 Å². The fraction of sp³-hybridized carbons (Fsp3) is 1.00. The van der Waals surface area contributed by atoms with Gasteiger partial charge in [-0.05, 0) is 51.0 Å². The van der Waals surface area contributed by atoms with Crippen molar-refractivity contribution in [2.75, 3.05) is 32.8 Å². The van der Waals surface area contributed by atoms with Gasteiger partial charge in [0.05, 0.1) is 6.10 Å². The first kappa shape index (κ1) is 11.9. The largest absolute Gasteiger partial charge is 0.378 e. The summed E-state index contributed by atoms with van der Waals surface area (Å²) in [4.78, 5) is 2.66. The fourth-order valence-corrected chi connectivity index (χ4v) is 3.27. The number of nitrogens with zero attached hydrogens (tertiary/aromatic N) is 1. The molecule has 2 unspecified atom stereocenters. The highest BCUT2D eigenvalue weighted by molar-refractivity contribution is 4.91. The van der Waals surface area contributed by atoms with Crippen LogP contribution in [0, 0.1) is 5.92 Å². The molecule has 2 heterocycles. The molecule has 17 heavy (non-hydrogen) atoms. The van der Waals surface area contributed by atoms with Gasteiger partial charge in [0.15, 0.2) is 0 Å². The first-order chi connectivity index (χ1) is 8.42. The molecule has 2 aliphatic heterocycles. The summed E-state index contributed by atoms with van der Waals surface area (Å²) in [6.07, 6.45) is 8.68. The normalized spacial score (nSPS) is 35.3. The zero-order valence-electron chi connectivity index (χ0n) is 10.9. The van der Waals surface area contributed by atoms with Gasteiger partial charge in [-0.25, -0.2) is 0 Å². The van der Waals surface area contributed by atoms with E-state index in [1.54, 1.807) is 0 Å². The Balaban J connectivity index is 1.33. The number of nitrogens with one attached hydrogen (secondary N) is 1. The van der Waals surface area contributed by atoms with Gasteiger partial charge in [-0.2, -0.15) is 0 Å². The van der Waals surface area contributed by atoms with E-state index in [9.17, 15) is 0 Å². The summed E-state index contributed by atoms with van der Waals surface area (Å²) >= 11 is 0. The van der Waals surface area contributed by atoms with Crippen LogP contribution >= 0.6 is 0 Å². The first-order valence-electron chi connectivity index (χ1n) is 7.49. The molecule has 2 atom stereocenters. The summed E-state index contributed by atoms with van der Waals surface area (Å²) < 4.78 is 5.68. The lowest BCUT2D eigenvalue weighted by molar-refractivity contribution is 0.0962. The Kier molecular flexibility index (Phi) is 3.99. The van der Waals surface area contributed by atoms with E-state index in [1.807, 2.05) is 0 Å². The molecule has 98 valence electrons. The van der Waals surface area contributed by atoms with Crippen molar-refractivity contribution in [1.29, 1.82) is 0 Å². The molecule has 0 aromatic heterocycles. The molecule has 1 N–H and O–H groups in total. The summed E-state index contributed by atoms with van der Waals surface area (Å²) in [6, 6.07) is 0.798. The summed E-state index contributed by atoms with van der Waals surface area (Å²) in [6.45, 7) is 6.01. The number of piperazine rings is 1. The van der Waals surface area contributed by atoms with Crippen LogP contribution in [0.5, 0.6) is 0 Å². The standard InChI is InChI=1S/C14H26N2O/c1(3-13-4-2-10-17-13)8-16-9-7-15-14(11-16)12-5-6-12/h12-15H,1-11H2. The lowest BCUT2D eigenvalue weighted by Gasteiger charge is -2.34. The second kappa shape index (κ2) is 5.68. The molecular formula is C14H26N2O. The molecule has 0 amide bonds. The number of hydrogen-bond acceptors (Lipinski definition) is 3. The third-order valence-electron chi connectivity index (χ3n) is 4.50. The average Bonchev–Trinajstić information content (AvgIpc) is 3.09. The molecule has 0 spiro atoms. The summed E-state index contributed by atoms with van der Waals surface area (Å²) in [5, 5.41) is 3.68. The van der Waals surface area contributed by atoms with Gasteiger partial charge in [-0.15, -0.1) is 0 Å². The maximum atomic E-state index is 5.68. The van der Waals surface area contributed by atoms with Crippen molar-refractivity contribution in [3.63, 3.8) is 0 Å². The van der Waals surface area contributed by atoms with E-state index in [1.165, 1.54) is 64.7 Å². The van der Waals surface area contributed by atoms with Gasteiger partial charge >= 0.3 is 0 Å². The molecule has 3 heteroatoms. The molecule has 3 rings (SSSR count). The maximum absolute atomic E-state index is 5.68. The van der Waals surface area contributed by atoms with Gasteiger partial charge in [-0.3, -0.25) is 0 Å². The highest BCUT2D eigenvalue weighted by Crippen LogP contribution is 2.33. The predicted molar refractivity (Wildman–Crippen MR) is 69.2 cm³/mol. The van der Waals surface area contributed by atoms with Crippen LogP contribution in [0.4, 0.5) is 0 Å². The molecule has 2 saturated heterocycles. The first-order valence-corrected chi connectivity index (χ1v) is 7.49. The molecule has 3 nitrogen and oxygen atoms in total.